The Bertz CT molecular complexity index is 440. The topological polar surface area (TPSA) is 108 Å². The lowest BCUT2D eigenvalue weighted by Crippen LogP contribution is -2.25. The highest BCUT2D eigenvalue weighted by atomic mass is 16.8. The maximum absolute atomic E-state index is 10.9. The van der Waals surface area contributed by atoms with Crippen molar-refractivity contribution in [1.82, 2.24) is 0 Å². The van der Waals surface area contributed by atoms with Crippen molar-refractivity contribution in [2.24, 2.45) is 0 Å². The molecule has 1 heterocycles. The fourth-order valence-corrected chi connectivity index (χ4v) is 2.08. The van der Waals surface area contributed by atoms with Crippen LogP contribution in [0.1, 0.15) is 12.0 Å². The molecule has 0 saturated carbocycles. The van der Waals surface area contributed by atoms with Crippen LogP contribution in [0.15, 0.2) is 18.2 Å². The van der Waals surface area contributed by atoms with Crippen LogP contribution in [0.4, 0.5) is 11.4 Å². The molecule has 7 nitrogen and oxygen atoms in total. The SMILES string of the molecule is Cc1ccc(NC2C[C@H](O)[C@@H](CO)O2)cc1N([O-])O. The van der Waals surface area contributed by atoms with E-state index in [1.165, 1.54) is 6.07 Å². The van der Waals surface area contributed by atoms with Crippen LogP contribution in [0.3, 0.4) is 0 Å². The molecule has 0 spiro atoms. The molecule has 0 aromatic heterocycles. The Hall–Kier alpha value is -1.38. The van der Waals surface area contributed by atoms with Crippen LogP contribution in [-0.4, -0.2) is 40.5 Å². The molecule has 1 aliphatic heterocycles. The van der Waals surface area contributed by atoms with Gasteiger partial charge in [-0.15, -0.1) is 0 Å². The summed E-state index contributed by atoms with van der Waals surface area (Å²) in [5, 5.41) is 41.3. The molecule has 0 aliphatic carbocycles. The van der Waals surface area contributed by atoms with Gasteiger partial charge in [0.25, 0.3) is 0 Å². The molecule has 7 heteroatoms. The van der Waals surface area contributed by atoms with Gasteiger partial charge in [-0.3, -0.25) is 5.21 Å². The molecule has 1 aliphatic rings. The predicted octanol–water partition coefficient (Wildman–Crippen LogP) is 0.569. The van der Waals surface area contributed by atoms with E-state index in [0.717, 1.165) is 0 Å². The molecule has 1 fully saturated rings. The number of benzene rings is 1. The average molecular weight is 269 g/mol. The number of hydrogen-bond acceptors (Lipinski definition) is 7. The quantitative estimate of drug-likeness (QED) is 0.592. The van der Waals surface area contributed by atoms with Gasteiger partial charge in [-0.1, -0.05) is 6.07 Å². The van der Waals surface area contributed by atoms with Crippen LogP contribution < -0.4 is 10.5 Å². The van der Waals surface area contributed by atoms with Gasteiger partial charge in [-0.05, 0) is 24.6 Å². The number of aryl methyl sites for hydroxylation is 1. The van der Waals surface area contributed by atoms with Crippen LogP contribution in [0.2, 0.25) is 0 Å². The largest absolute Gasteiger partial charge is 0.733 e. The summed E-state index contributed by atoms with van der Waals surface area (Å²) in [5.41, 5.74) is 1.37. The first-order chi connectivity index (χ1) is 9.01. The summed E-state index contributed by atoms with van der Waals surface area (Å²) in [4.78, 5) is 0. The third kappa shape index (κ3) is 3.14. The van der Waals surface area contributed by atoms with Crippen LogP contribution in [0.5, 0.6) is 0 Å². The van der Waals surface area contributed by atoms with Crippen LogP contribution in [0.25, 0.3) is 0 Å². The van der Waals surface area contributed by atoms with Gasteiger partial charge in [0.15, 0.2) is 0 Å². The normalized spacial score (nSPS) is 26.5. The van der Waals surface area contributed by atoms with Crippen LogP contribution in [-0.2, 0) is 4.74 Å². The number of nitrogens with zero attached hydrogens (tertiary/aromatic N) is 1. The second kappa shape index (κ2) is 5.72. The lowest BCUT2D eigenvalue weighted by Gasteiger charge is -2.25. The number of hydrogen-bond donors (Lipinski definition) is 4. The van der Waals surface area contributed by atoms with Crippen molar-refractivity contribution in [1.29, 1.82) is 0 Å². The summed E-state index contributed by atoms with van der Waals surface area (Å²) < 4.78 is 5.39. The summed E-state index contributed by atoms with van der Waals surface area (Å²) in [6, 6.07) is 4.92. The molecule has 1 aromatic carbocycles. The molecule has 106 valence electrons. The second-order valence-electron chi connectivity index (χ2n) is 4.57. The zero-order chi connectivity index (χ0) is 14.0. The summed E-state index contributed by atoms with van der Waals surface area (Å²) in [6.45, 7) is 1.46. The smallest absolute Gasteiger partial charge is 0.130 e. The minimum absolute atomic E-state index is 0.141. The first-order valence-electron chi connectivity index (χ1n) is 5.99. The van der Waals surface area contributed by atoms with Crippen molar-refractivity contribution in [3.63, 3.8) is 0 Å². The fourth-order valence-electron chi connectivity index (χ4n) is 2.08. The van der Waals surface area contributed by atoms with E-state index in [1.807, 2.05) is 0 Å². The van der Waals surface area contributed by atoms with E-state index in [-0.39, 0.29) is 17.5 Å². The summed E-state index contributed by atoms with van der Waals surface area (Å²) in [5.74, 6) is 0. The summed E-state index contributed by atoms with van der Waals surface area (Å²) in [7, 11) is 0. The molecule has 0 bridgehead atoms. The van der Waals surface area contributed by atoms with E-state index in [1.54, 1.807) is 19.1 Å². The number of aliphatic hydroxyl groups excluding tert-OH is 2. The molecule has 4 N–H and O–H groups in total. The monoisotopic (exact) mass is 269 g/mol. The first kappa shape index (κ1) is 14.0. The summed E-state index contributed by atoms with van der Waals surface area (Å²) >= 11 is 0. The van der Waals surface area contributed by atoms with Crippen LogP contribution in [0, 0.1) is 12.1 Å². The second-order valence-corrected chi connectivity index (χ2v) is 4.57. The number of rotatable bonds is 4. The highest BCUT2D eigenvalue weighted by Crippen LogP contribution is 2.26. The van der Waals surface area contributed by atoms with Crippen LogP contribution >= 0.6 is 0 Å². The third-order valence-corrected chi connectivity index (χ3v) is 3.15. The molecular weight excluding hydrogens is 252 g/mol. The minimum Gasteiger partial charge on any atom is -0.733 e. The molecule has 0 amide bonds. The van der Waals surface area contributed by atoms with Gasteiger partial charge in [0.1, 0.15) is 12.3 Å². The van der Waals surface area contributed by atoms with Gasteiger partial charge in [-0.25, -0.2) is 0 Å². The number of aliphatic hydroxyl groups is 2. The number of nitrogens with one attached hydrogen (secondary N) is 1. The van der Waals surface area contributed by atoms with Crippen molar-refractivity contribution in [3.05, 3.63) is 29.0 Å². The molecule has 19 heavy (non-hydrogen) atoms. The number of ether oxygens (including phenoxy) is 1. The Labute approximate surface area is 110 Å². The van der Waals surface area contributed by atoms with E-state index in [2.05, 4.69) is 5.32 Å². The highest BCUT2D eigenvalue weighted by Gasteiger charge is 2.33. The van der Waals surface area contributed by atoms with Crippen molar-refractivity contribution in [2.45, 2.75) is 31.8 Å². The third-order valence-electron chi connectivity index (χ3n) is 3.15. The maximum Gasteiger partial charge on any atom is 0.130 e. The van der Waals surface area contributed by atoms with E-state index in [4.69, 9.17) is 15.1 Å². The Morgan fingerprint density at radius 2 is 2.26 bits per heavy atom. The zero-order valence-corrected chi connectivity index (χ0v) is 10.5. The molecule has 1 saturated heterocycles. The highest BCUT2D eigenvalue weighted by molar-refractivity contribution is 5.61. The fraction of sp³-hybridized carbons (Fsp3) is 0.500. The van der Waals surface area contributed by atoms with E-state index in [9.17, 15) is 10.3 Å². The van der Waals surface area contributed by atoms with Gasteiger partial charge in [-0.2, -0.15) is 0 Å². The van der Waals surface area contributed by atoms with Crippen molar-refractivity contribution < 1.29 is 20.2 Å². The molecule has 2 rings (SSSR count). The number of anilines is 2. The zero-order valence-electron chi connectivity index (χ0n) is 10.5. The minimum atomic E-state index is -0.721. The first-order valence-corrected chi connectivity index (χ1v) is 5.99. The average Bonchev–Trinajstić information content (AvgIpc) is 2.71. The van der Waals surface area contributed by atoms with Crippen molar-refractivity contribution in [3.8, 4) is 0 Å². The molecule has 3 atom stereocenters. The van der Waals surface area contributed by atoms with Gasteiger partial charge >= 0.3 is 0 Å². The predicted molar refractivity (Wildman–Crippen MR) is 68.8 cm³/mol. The Balaban J connectivity index is 2.06. The van der Waals surface area contributed by atoms with Gasteiger partial charge in [0.05, 0.1) is 18.4 Å². The van der Waals surface area contributed by atoms with E-state index >= 15 is 0 Å². The molecule has 1 unspecified atom stereocenters. The Morgan fingerprint density at radius 3 is 2.84 bits per heavy atom. The molecule has 1 aromatic rings. The van der Waals surface area contributed by atoms with Gasteiger partial charge in [0, 0.05) is 12.1 Å². The lowest BCUT2D eigenvalue weighted by atomic mass is 10.1. The standard InChI is InChI=1S/C12H17N2O5/c1-7-2-3-8(4-9(7)14(17)18)13-12-5-10(16)11(6-15)19-12/h2-4,10-13,15-17H,5-6H2,1H3/q-1/t10-,11+,12?/m0/s1. The molecular formula is C12H17N2O5-. The Morgan fingerprint density at radius 1 is 1.53 bits per heavy atom. The van der Waals surface area contributed by atoms with E-state index < -0.39 is 18.4 Å². The molecule has 0 radical (unpaired) electrons. The van der Waals surface area contributed by atoms with E-state index in [0.29, 0.717) is 17.7 Å². The Kier molecular flexibility index (Phi) is 4.23. The maximum atomic E-state index is 10.9. The van der Waals surface area contributed by atoms with Gasteiger partial charge in [0.2, 0.25) is 0 Å². The summed E-state index contributed by atoms with van der Waals surface area (Å²) in [6.07, 6.45) is -1.42. The van der Waals surface area contributed by atoms with Gasteiger partial charge < -0.3 is 30.7 Å². The van der Waals surface area contributed by atoms with Crippen molar-refractivity contribution >= 4 is 11.4 Å². The lowest BCUT2D eigenvalue weighted by molar-refractivity contribution is -0.0149. The van der Waals surface area contributed by atoms with Crippen molar-refractivity contribution in [2.75, 3.05) is 17.2 Å².